The number of hydrogen-bond donors (Lipinski definition) is 1. The highest BCUT2D eigenvalue weighted by atomic mass is 32.2. The summed E-state index contributed by atoms with van der Waals surface area (Å²) in [5.41, 5.74) is 1.85. The number of carbonyl (C=O) groups excluding carboxylic acids is 1. The Bertz CT molecular complexity index is 989. The van der Waals surface area contributed by atoms with Crippen LogP contribution in [0.2, 0.25) is 0 Å². The number of nitrogens with zero attached hydrogens (tertiary/aromatic N) is 2. The number of likely N-dealkylation sites (tertiary alicyclic amines) is 1. The van der Waals surface area contributed by atoms with E-state index < -0.39 is 10.0 Å². The highest BCUT2D eigenvalue weighted by Gasteiger charge is 2.17. The van der Waals surface area contributed by atoms with Crippen molar-refractivity contribution >= 4 is 15.9 Å². The highest BCUT2D eigenvalue weighted by Crippen LogP contribution is 2.19. The van der Waals surface area contributed by atoms with Gasteiger partial charge in [0.25, 0.3) is 5.91 Å². The Balaban J connectivity index is 1.42. The van der Waals surface area contributed by atoms with Gasteiger partial charge >= 0.3 is 0 Å². The van der Waals surface area contributed by atoms with Crippen molar-refractivity contribution in [3.05, 3.63) is 59.7 Å². The smallest absolute Gasteiger partial charge is 0.251 e. The number of piperidine rings is 1. The molecule has 2 aromatic carbocycles. The molecule has 1 atom stereocenters. The number of nitrogens with one attached hydrogen (secondary N) is 1. The van der Waals surface area contributed by atoms with Gasteiger partial charge in [-0.2, -0.15) is 0 Å². The van der Waals surface area contributed by atoms with E-state index in [0.29, 0.717) is 17.9 Å². The topological polar surface area (TPSA) is 79.0 Å². The summed E-state index contributed by atoms with van der Waals surface area (Å²) in [5, 5.41) is 2.85. The zero-order valence-corrected chi connectivity index (χ0v) is 19.9. The predicted molar refractivity (Wildman–Crippen MR) is 125 cm³/mol. The van der Waals surface area contributed by atoms with Crippen LogP contribution >= 0.6 is 0 Å². The summed E-state index contributed by atoms with van der Waals surface area (Å²) in [5.74, 6) is 1.16. The molecule has 1 aliphatic heterocycles. The fraction of sp³-hybridized carbons (Fsp3) is 0.458. The second-order valence-corrected chi connectivity index (χ2v) is 10.7. The number of carbonyl (C=O) groups is 1. The van der Waals surface area contributed by atoms with E-state index in [9.17, 15) is 13.2 Å². The van der Waals surface area contributed by atoms with E-state index in [2.05, 4.69) is 17.1 Å². The Morgan fingerprint density at radius 2 is 1.81 bits per heavy atom. The summed E-state index contributed by atoms with van der Waals surface area (Å²) in [7, 11) is -0.474. The van der Waals surface area contributed by atoms with Crippen LogP contribution < -0.4 is 10.1 Å². The molecule has 1 heterocycles. The normalized spacial score (nSPS) is 17.3. The van der Waals surface area contributed by atoms with E-state index >= 15 is 0 Å². The first-order valence-corrected chi connectivity index (χ1v) is 12.4. The van der Waals surface area contributed by atoms with Gasteiger partial charge in [-0.25, -0.2) is 12.7 Å². The van der Waals surface area contributed by atoms with Crippen molar-refractivity contribution in [3.63, 3.8) is 0 Å². The fourth-order valence-electron chi connectivity index (χ4n) is 3.80. The molecule has 1 fully saturated rings. The summed E-state index contributed by atoms with van der Waals surface area (Å²) in [6.07, 6.45) is 2.56. The van der Waals surface area contributed by atoms with Crippen LogP contribution in [0.1, 0.15) is 35.7 Å². The van der Waals surface area contributed by atoms with Crippen molar-refractivity contribution in [2.45, 2.75) is 31.2 Å². The summed E-state index contributed by atoms with van der Waals surface area (Å²) in [6.45, 7) is 6.14. The highest BCUT2D eigenvalue weighted by molar-refractivity contribution is 7.89. The first-order chi connectivity index (χ1) is 15.3. The predicted octanol–water partition coefficient (Wildman–Crippen LogP) is 2.98. The van der Waals surface area contributed by atoms with Crippen molar-refractivity contribution in [1.82, 2.24) is 14.5 Å². The van der Waals surface area contributed by atoms with Crippen LogP contribution in [0.3, 0.4) is 0 Å². The molecule has 32 heavy (non-hydrogen) atoms. The maximum absolute atomic E-state index is 12.4. The lowest BCUT2D eigenvalue weighted by Gasteiger charge is -2.30. The third kappa shape index (κ3) is 6.54. The van der Waals surface area contributed by atoms with Crippen LogP contribution in [0, 0.1) is 5.92 Å². The van der Waals surface area contributed by atoms with Crippen LogP contribution in [0.4, 0.5) is 0 Å². The summed E-state index contributed by atoms with van der Waals surface area (Å²) in [4.78, 5) is 15.1. The van der Waals surface area contributed by atoms with Gasteiger partial charge in [-0.05, 0) is 67.3 Å². The lowest BCUT2D eigenvalue weighted by atomic mass is 9.99. The summed E-state index contributed by atoms with van der Waals surface area (Å²) < 4.78 is 30.9. The van der Waals surface area contributed by atoms with Crippen LogP contribution in [0.15, 0.2) is 53.4 Å². The number of rotatable bonds is 9. The Kier molecular flexibility index (Phi) is 8.28. The maximum atomic E-state index is 12.4. The van der Waals surface area contributed by atoms with Crippen LogP contribution in [-0.2, 0) is 16.6 Å². The van der Waals surface area contributed by atoms with E-state index in [1.54, 1.807) is 12.1 Å². The standard InChI is InChI=1S/C24H33N3O4S/c1-19-5-4-15-27(17-19)18-20-6-8-21(9-7-20)24(28)25-14-16-31-22-10-12-23(13-11-22)32(29,30)26(2)3/h6-13,19H,4-5,14-18H2,1-3H3,(H,25,28). The van der Waals surface area contributed by atoms with Crippen molar-refractivity contribution in [2.24, 2.45) is 5.92 Å². The van der Waals surface area contributed by atoms with Gasteiger partial charge < -0.3 is 10.1 Å². The third-order valence-corrected chi connectivity index (χ3v) is 7.45. The average molecular weight is 460 g/mol. The van der Waals surface area contributed by atoms with Crippen molar-refractivity contribution < 1.29 is 17.9 Å². The first-order valence-electron chi connectivity index (χ1n) is 11.0. The van der Waals surface area contributed by atoms with Gasteiger partial charge in [0.15, 0.2) is 0 Å². The minimum Gasteiger partial charge on any atom is -0.492 e. The summed E-state index contributed by atoms with van der Waals surface area (Å²) >= 11 is 0. The monoisotopic (exact) mass is 459 g/mol. The lowest BCUT2D eigenvalue weighted by Crippen LogP contribution is -2.33. The Hall–Kier alpha value is -2.42. The van der Waals surface area contributed by atoms with E-state index in [4.69, 9.17) is 4.74 Å². The molecule has 1 saturated heterocycles. The number of hydrogen-bond acceptors (Lipinski definition) is 5. The molecule has 7 nitrogen and oxygen atoms in total. The maximum Gasteiger partial charge on any atom is 0.251 e. The van der Waals surface area contributed by atoms with Gasteiger partial charge in [-0.3, -0.25) is 9.69 Å². The van der Waals surface area contributed by atoms with Crippen LogP contribution in [0.5, 0.6) is 5.75 Å². The van der Waals surface area contributed by atoms with Crippen molar-refractivity contribution in [1.29, 1.82) is 0 Å². The molecule has 2 aromatic rings. The molecule has 3 rings (SSSR count). The molecule has 0 spiro atoms. The molecule has 1 N–H and O–H groups in total. The van der Waals surface area contributed by atoms with E-state index in [-0.39, 0.29) is 17.4 Å². The molecular weight excluding hydrogens is 426 g/mol. The minimum atomic E-state index is -3.46. The minimum absolute atomic E-state index is 0.140. The Morgan fingerprint density at radius 3 is 2.44 bits per heavy atom. The molecule has 0 radical (unpaired) electrons. The lowest BCUT2D eigenvalue weighted by molar-refractivity contribution is 0.0947. The number of ether oxygens (including phenoxy) is 1. The van der Waals surface area contributed by atoms with Gasteiger partial charge in [0, 0.05) is 32.7 Å². The third-order valence-electron chi connectivity index (χ3n) is 5.62. The molecule has 174 valence electrons. The second kappa shape index (κ2) is 10.9. The molecule has 0 aromatic heterocycles. The van der Waals surface area contributed by atoms with E-state index in [1.807, 2.05) is 24.3 Å². The molecule has 0 bridgehead atoms. The SMILES string of the molecule is CC1CCCN(Cc2ccc(C(=O)NCCOc3ccc(S(=O)(=O)N(C)C)cc3)cc2)C1. The molecule has 1 unspecified atom stereocenters. The van der Waals surface area contributed by atoms with Crippen molar-refractivity contribution in [2.75, 3.05) is 40.3 Å². The molecule has 1 aliphatic rings. The number of sulfonamides is 1. The second-order valence-electron chi connectivity index (χ2n) is 8.54. The van der Waals surface area contributed by atoms with Gasteiger partial charge in [-0.15, -0.1) is 0 Å². The number of amides is 1. The zero-order valence-electron chi connectivity index (χ0n) is 19.1. The quantitative estimate of drug-likeness (QED) is 0.584. The largest absolute Gasteiger partial charge is 0.492 e. The van der Waals surface area contributed by atoms with Crippen LogP contribution in [-0.4, -0.2) is 63.9 Å². The zero-order chi connectivity index (χ0) is 23.1. The van der Waals surface area contributed by atoms with Gasteiger partial charge in [0.05, 0.1) is 11.4 Å². The van der Waals surface area contributed by atoms with E-state index in [1.165, 1.54) is 48.9 Å². The average Bonchev–Trinajstić information content (AvgIpc) is 2.77. The molecular formula is C24H33N3O4S. The van der Waals surface area contributed by atoms with E-state index in [0.717, 1.165) is 25.6 Å². The molecule has 1 amide bonds. The Labute approximate surface area is 191 Å². The number of benzene rings is 2. The first kappa shape index (κ1) is 24.2. The van der Waals surface area contributed by atoms with Gasteiger partial charge in [-0.1, -0.05) is 19.1 Å². The Morgan fingerprint density at radius 1 is 1.12 bits per heavy atom. The van der Waals surface area contributed by atoms with Crippen LogP contribution in [0.25, 0.3) is 0 Å². The fourth-order valence-corrected chi connectivity index (χ4v) is 4.71. The van der Waals surface area contributed by atoms with Gasteiger partial charge in [0.2, 0.25) is 10.0 Å². The summed E-state index contributed by atoms with van der Waals surface area (Å²) in [6, 6.07) is 14.0. The molecule has 0 saturated carbocycles. The van der Waals surface area contributed by atoms with Crippen molar-refractivity contribution in [3.8, 4) is 5.75 Å². The molecule has 8 heteroatoms. The van der Waals surface area contributed by atoms with Gasteiger partial charge in [0.1, 0.15) is 12.4 Å². The molecule has 0 aliphatic carbocycles.